The zero-order valence-corrected chi connectivity index (χ0v) is 19.4. The number of alkyl halides is 3. The van der Waals surface area contributed by atoms with E-state index in [9.17, 15) is 26.4 Å². The molecular weight excluding hydrogens is 493 g/mol. The first-order valence-corrected chi connectivity index (χ1v) is 11.7. The van der Waals surface area contributed by atoms with E-state index in [0.717, 1.165) is 23.8 Å². The number of amides is 1. The van der Waals surface area contributed by atoms with E-state index in [-0.39, 0.29) is 27.9 Å². The molecule has 0 saturated heterocycles. The monoisotopic (exact) mass is 512 g/mol. The molecule has 3 rings (SSSR count). The average molecular weight is 513 g/mol. The molecule has 0 fully saturated rings. The van der Waals surface area contributed by atoms with Crippen molar-refractivity contribution in [3.63, 3.8) is 0 Å². The molecule has 0 unspecified atom stereocenters. The molecule has 0 atom stereocenters. The third kappa shape index (κ3) is 6.49. The van der Waals surface area contributed by atoms with Crippen LogP contribution in [-0.2, 0) is 27.5 Å². The highest BCUT2D eigenvalue weighted by Gasteiger charge is 2.31. The van der Waals surface area contributed by atoms with Gasteiger partial charge < -0.3 is 10.1 Å². The maximum Gasteiger partial charge on any atom is 0.416 e. The summed E-state index contributed by atoms with van der Waals surface area (Å²) in [6.07, 6.45) is -4.59. The molecule has 34 heavy (non-hydrogen) atoms. The summed E-state index contributed by atoms with van der Waals surface area (Å²) in [6.45, 7) is -0.327. The Morgan fingerprint density at radius 2 is 1.68 bits per heavy atom. The summed E-state index contributed by atoms with van der Waals surface area (Å²) >= 11 is 5.86. The summed E-state index contributed by atoms with van der Waals surface area (Å²) in [7, 11) is -2.29. The van der Waals surface area contributed by atoms with Crippen LogP contribution >= 0.6 is 11.6 Å². The third-order valence-corrected chi connectivity index (χ3v) is 6.86. The molecule has 0 aliphatic carbocycles. The third-order valence-electron chi connectivity index (χ3n) is 4.72. The number of carbonyl (C=O) groups excluding carboxylic acids is 1. The number of anilines is 1. The van der Waals surface area contributed by atoms with Crippen LogP contribution in [-0.4, -0.2) is 32.3 Å². The fraction of sp³-hybridized carbons (Fsp3) is 0.174. The lowest BCUT2D eigenvalue weighted by atomic mass is 10.2. The van der Waals surface area contributed by atoms with Crippen molar-refractivity contribution in [3.8, 4) is 5.75 Å². The van der Waals surface area contributed by atoms with Gasteiger partial charge >= 0.3 is 6.18 Å². The fourth-order valence-electron chi connectivity index (χ4n) is 2.95. The van der Waals surface area contributed by atoms with Gasteiger partial charge in [-0.05, 0) is 48.0 Å². The molecule has 0 saturated carbocycles. The van der Waals surface area contributed by atoms with Gasteiger partial charge in [0, 0.05) is 13.6 Å². The molecule has 3 aromatic rings. The van der Waals surface area contributed by atoms with Gasteiger partial charge in [-0.15, -0.1) is 0 Å². The van der Waals surface area contributed by atoms with E-state index in [2.05, 4.69) is 5.32 Å². The van der Waals surface area contributed by atoms with Gasteiger partial charge in [0.2, 0.25) is 10.0 Å². The summed E-state index contributed by atoms with van der Waals surface area (Å²) in [5.41, 5.74) is -0.324. The molecule has 0 bridgehead atoms. The van der Waals surface area contributed by atoms with E-state index < -0.39 is 34.3 Å². The number of rotatable bonds is 8. The minimum atomic E-state index is -4.59. The number of hydrogen-bond donors (Lipinski definition) is 1. The molecule has 0 radical (unpaired) electrons. The standard InChI is InChI=1S/C23H20ClF3N2O4S/c1-29(14-16-5-3-2-4-6-16)34(31,32)19-10-8-18(9-11-19)33-15-22(30)28-21-13-17(23(25,26)27)7-12-20(21)24/h2-13H,14-15H2,1H3,(H,28,30). The summed E-state index contributed by atoms with van der Waals surface area (Å²) in [4.78, 5) is 12.1. The Hall–Kier alpha value is -3.08. The predicted octanol–water partition coefficient (Wildman–Crippen LogP) is 5.20. The van der Waals surface area contributed by atoms with E-state index >= 15 is 0 Å². The van der Waals surface area contributed by atoms with Crippen LogP contribution in [0.3, 0.4) is 0 Å². The summed E-state index contributed by atoms with van der Waals surface area (Å²) in [5.74, 6) is -0.532. The average Bonchev–Trinajstić information content (AvgIpc) is 2.79. The van der Waals surface area contributed by atoms with E-state index in [1.165, 1.54) is 35.6 Å². The van der Waals surface area contributed by atoms with Crippen LogP contribution < -0.4 is 10.1 Å². The van der Waals surface area contributed by atoms with Gasteiger partial charge in [0.1, 0.15) is 5.75 Å². The maximum absolute atomic E-state index is 12.9. The van der Waals surface area contributed by atoms with Gasteiger partial charge in [-0.3, -0.25) is 4.79 Å². The van der Waals surface area contributed by atoms with Crippen molar-refractivity contribution in [1.29, 1.82) is 0 Å². The molecule has 0 aliphatic heterocycles. The second-order valence-corrected chi connectivity index (χ2v) is 9.70. The second kappa shape index (κ2) is 10.5. The van der Waals surface area contributed by atoms with Crippen molar-refractivity contribution in [1.82, 2.24) is 4.31 Å². The van der Waals surface area contributed by atoms with Gasteiger partial charge in [0.25, 0.3) is 5.91 Å². The number of carbonyl (C=O) groups is 1. The second-order valence-electron chi connectivity index (χ2n) is 7.25. The van der Waals surface area contributed by atoms with Crippen LogP contribution in [0.2, 0.25) is 5.02 Å². The summed E-state index contributed by atoms with van der Waals surface area (Å²) in [6, 6.07) is 17.1. The lowest BCUT2D eigenvalue weighted by Gasteiger charge is -2.17. The lowest BCUT2D eigenvalue weighted by molar-refractivity contribution is -0.137. The first-order valence-electron chi connectivity index (χ1n) is 9.86. The summed E-state index contributed by atoms with van der Waals surface area (Å²) in [5, 5.41) is 2.21. The molecule has 11 heteroatoms. The van der Waals surface area contributed by atoms with Gasteiger partial charge in [0.15, 0.2) is 6.61 Å². The van der Waals surface area contributed by atoms with Crippen molar-refractivity contribution >= 4 is 33.2 Å². The van der Waals surface area contributed by atoms with Crippen LogP contribution in [0.4, 0.5) is 18.9 Å². The Labute approximate surface area is 200 Å². The minimum Gasteiger partial charge on any atom is -0.484 e. The predicted molar refractivity (Wildman–Crippen MR) is 122 cm³/mol. The molecule has 0 aliphatic rings. The Morgan fingerprint density at radius 3 is 2.29 bits per heavy atom. The van der Waals surface area contributed by atoms with Gasteiger partial charge in [-0.2, -0.15) is 17.5 Å². The van der Waals surface area contributed by atoms with Crippen LogP contribution in [0.5, 0.6) is 5.75 Å². The molecule has 1 amide bonds. The number of nitrogens with zero attached hydrogens (tertiary/aromatic N) is 1. The van der Waals surface area contributed by atoms with Crippen LogP contribution in [0.15, 0.2) is 77.7 Å². The van der Waals surface area contributed by atoms with Crippen molar-refractivity contribution < 1.29 is 31.1 Å². The Morgan fingerprint density at radius 1 is 1.03 bits per heavy atom. The normalized spacial score (nSPS) is 11.9. The van der Waals surface area contributed by atoms with Crippen molar-refractivity contribution in [2.45, 2.75) is 17.6 Å². The first kappa shape index (κ1) is 25.5. The quantitative estimate of drug-likeness (QED) is 0.450. The smallest absolute Gasteiger partial charge is 0.416 e. The Balaban J connectivity index is 1.60. The topological polar surface area (TPSA) is 75.7 Å². The molecule has 0 aromatic heterocycles. The number of halogens is 4. The van der Waals surface area contributed by atoms with E-state index in [1.54, 1.807) is 0 Å². The zero-order valence-electron chi connectivity index (χ0n) is 17.8. The van der Waals surface area contributed by atoms with Crippen molar-refractivity contribution in [2.24, 2.45) is 0 Å². The molecule has 1 N–H and O–H groups in total. The first-order chi connectivity index (χ1) is 16.0. The number of benzene rings is 3. The van der Waals surface area contributed by atoms with Crippen molar-refractivity contribution in [2.75, 3.05) is 19.0 Å². The van der Waals surface area contributed by atoms with Crippen molar-refractivity contribution in [3.05, 3.63) is 88.9 Å². The van der Waals surface area contributed by atoms with Crippen LogP contribution in [0, 0.1) is 0 Å². The SMILES string of the molecule is CN(Cc1ccccc1)S(=O)(=O)c1ccc(OCC(=O)Nc2cc(C(F)(F)F)ccc2Cl)cc1. The highest BCUT2D eigenvalue weighted by molar-refractivity contribution is 7.89. The number of hydrogen-bond acceptors (Lipinski definition) is 4. The molecule has 180 valence electrons. The Bertz CT molecular complexity index is 1250. The molecular formula is C23H20ClF3N2O4S. The largest absolute Gasteiger partial charge is 0.484 e. The number of sulfonamides is 1. The van der Waals surface area contributed by atoms with Gasteiger partial charge in [0.05, 0.1) is 21.2 Å². The Kier molecular flexibility index (Phi) is 7.86. The van der Waals surface area contributed by atoms with E-state index in [4.69, 9.17) is 16.3 Å². The van der Waals surface area contributed by atoms with Crippen LogP contribution in [0.25, 0.3) is 0 Å². The van der Waals surface area contributed by atoms with Gasteiger partial charge in [-0.1, -0.05) is 41.9 Å². The van der Waals surface area contributed by atoms with E-state index in [1.807, 2.05) is 30.3 Å². The molecule has 0 heterocycles. The number of ether oxygens (including phenoxy) is 1. The lowest BCUT2D eigenvalue weighted by Crippen LogP contribution is -2.26. The highest BCUT2D eigenvalue weighted by Crippen LogP contribution is 2.33. The highest BCUT2D eigenvalue weighted by atomic mass is 35.5. The zero-order chi connectivity index (χ0) is 24.9. The minimum absolute atomic E-state index is 0.0403. The fourth-order valence-corrected chi connectivity index (χ4v) is 4.27. The maximum atomic E-state index is 12.9. The molecule has 6 nitrogen and oxygen atoms in total. The number of nitrogens with one attached hydrogen (secondary N) is 1. The van der Waals surface area contributed by atoms with Crippen LogP contribution in [0.1, 0.15) is 11.1 Å². The van der Waals surface area contributed by atoms with Gasteiger partial charge in [-0.25, -0.2) is 8.42 Å². The van der Waals surface area contributed by atoms with E-state index in [0.29, 0.717) is 0 Å². The molecule has 3 aromatic carbocycles. The molecule has 0 spiro atoms. The summed E-state index contributed by atoms with van der Waals surface area (Å²) < 4.78 is 70.6.